The number of hydrogen-bond acceptors (Lipinski definition) is 4. The van der Waals surface area contributed by atoms with Crippen LogP contribution in [-0.4, -0.2) is 12.1 Å². The molecule has 0 aliphatic rings. The molecular weight excluding hydrogens is 226 g/mol. The summed E-state index contributed by atoms with van der Waals surface area (Å²) in [5, 5.41) is 12.1. The van der Waals surface area contributed by atoms with Crippen LogP contribution in [0.2, 0.25) is 0 Å². The predicted molar refractivity (Wildman–Crippen MR) is 69.3 cm³/mol. The third-order valence-electron chi connectivity index (χ3n) is 2.50. The lowest BCUT2D eigenvalue weighted by Gasteiger charge is -2.09. The Balaban J connectivity index is 2.09. The number of aromatic nitrogens is 1. The first-order valence-corrected chi connectivity index (χ1v) is 5.55. The van der Waals surface area contributed by atoms with Gasteiger partial charge in [-0.1, -0.05) is 12.1 Å². The number of methoxy groups -OCH3 is 1. The Hall–Kier alpha value is -2.54. The van der Waals surface area contributed by atoms with Crippen LogP contribution in [0.4, 0.5) is 5.69 Å². The topological polar surface area (TPSA) is 57.9 Å². The monoisotopic (exact) mass is 239 g/mol. The number of rotatable bonds is 4. The molecule has 0 aliphatic carbocycles. The molecule has 1 heterocycles. The quantitative estimate of drug-likeness (QED) is 0.890. The van der Waals surface area contributed by atoms with Crippen molar-refractivity contribution in [1.29, 1.82) is 5.26 Å². The molecule has 0 spiro atoms. The van der Waals surface area contributed by atoms with Gasteiger partial charge in [0.1, 0.15) is 0 Å². The molecule has 0 atom stereocenters. The van der Waals surface area contributed by atoms with Crippen LogP contribution in [0.15, 0.2) is 42.6 Å². The maximum Gasteiger partial charge on any atom is 0.237 e. The van der Waals surface area contributed by atoms with Gasteiger partial charge in [-0.05, 0) is 29.8 Å². The highest BCUT2D eigenvalue weighted by Crippen LogP contribution is 2.20. The Kier molecular flexibility index (Phi) is 3.77. The third-order valence-corrected chi connectivity index (χ3v) is 2.50. The molecule has 0 radical (unpaired) electrons. The Morgan fingerprint density at radius 1 is 1.33 bits per heavy atom. The number of ether oxygens (including phenoxy) is 1. The fourth-order valence-electron chi connectivity index (χ4n) is 1.64. The van der Waals surface area contributed by atoms with Crippen LogP contribution in [0, 0.1) is 11.3 Å². The fourth-order valence-corrected chi connectivity index (χ4v) is 1.64. The van der Waals surface area contributed by atoms with Crippen molar-refractivity contribution in [2.75, 3.05) is 12.4 Å². The predicted octanol–water partition coefficient (Wildman–Crippen LogP) is 2.57. The van der Waals surface area contributed by atoms with Gasteiger partial charge in [-0.25, -0.2) is 4.98 Å². The van der Waals surface area contributed by atoms with Crippen molar-refractivity contribution in [3.05, 3.63) is 53.7 Å². The van der Waals surface area contributed by atoms with E-state index in [0.717, 1.165) is 11.3 Å². The molecule has 0 fully saturated rings. The zero-order valence-electron chi connectivity index (χ0n) is 10.1. The first-order chi connectivity index (χ1) is 8.83. The summed E-state index contributed by atoms with van der Waals surface area (Å²) in [6.07, 6.45) is 1.68. The van der Waals surface area contributed by atoms with E-state index in [1.165, 1.54) is 0 Å². The summed E-state index contributed by atoms with van der Waals surface area (Å²) in [5.74, 6) is 0.564. The second-order valence-electron chi connectivity index (χ2n) is 3.73. The van der Waals surface area contributed by atoms with E-state index in [4.69, 9.17) is 10.00 Å². The molecule has 0 amide bonds. The number of anilines is 1. The molecule has 1 aromatic heterocycles. The highest BCUT2D eigenvalue weighted by atomic mass is 16.5. The van der Waals surface area contributed by atoms with Gasteiger partial charge in [0.05, 0.1) is 24.4 Å². The van der Waals surface area contributed by atoms with E-state index in [1.807, 2.05) is 30.3 Å². The molecule has 90 valence electrons. The summed E-state index contributed by atoms with van der Waals surface area (Å²) in [7, 11) is 1.59. The molecule has 2 aromatic rings. The summed E-state index contributed by atoms with van der Waals surface area (Å²) in [6.45, 7) is 0.623. The van der Waals surface area contributed by atoms with Crippen LogP contribution < -0.4 is 10.1 Å². The van der Waals surface area contributed by atoms with Crippen LogP contribution in [0.5, 0.6) is 5.88 Å². The zero-order chi connectivity index (χ0) is 12.8. The van der Waals surface area contributed by atoms with E-state index in [2.05, 4.69) is 16.4 Å². The minimum atomic E-state index is 0.564. The molecule has 4 nitrogen and oxygen atoms in total. The lowest BCUT2D eigenvalue weighted by molar-refractivity contribution is 0.399. The van der Waals surface area contributed by atoms with Crippen molar-refractivity contribution >= 4 is 5.69 Å². The average Bonchev–Trinajstić information content (AvgIpc) is 2.45. The maximum absolute atomic E-state index is 8.83. The lowest BCUT2D eigenvalue weighted by Crippen LogP contribution is -2.02. The van der Waals surface area contributed by atoms with Crippen LogP contribution in [0.1, 0.15) is 11.1 Å². The normalized spacial score (nSPS) is 9.56. The summed E-state index contributed by atoms with van der Waals surface area (Å²) < 4.78 is 5.15. The second kappa shape index (κ2) is 5.69. The van der Waals surface area contributed by atoms with E-state index in [-0.39, 0.29) is 0 Å². The van der Waals surface area contributed by atoms with Gasteiger partial charge >= 0.3 is 0 Å². The summed E-state index contributed by atoms with van der Waals surface area (Å²) >= 11 is 0. The van der Waals surface area contributed by atoms with Crippen LogP contribution in [0.25, 0.3) is 0 Å². The van der Waals surface area contributed by atoms with Gasteiger partial charge < -0.3 is 10.1 Å². The Morgan fingerprint density at radius 2 is 2.22 bits per heavy atom. The van der Waals surface area contributed by atoms with Crippen molar-refractivity contribution in [2.45, 2.75) is 6.54 Å². The summed E-state index contributed by atoms with van der Waals surface area (Å²) in [4.78, 5) is 4.11. The summed E-state index contributed by atoms with van der Waals surface area (Å²) in [5.41, 5.74) is 2.54. The molecule has 0 bridgehead atoms. The van der Waals surface area contributed by atoms with E-state index >= 15 is 0 Å². The van der Waals surface area contributed by atoms with Gasteiger partial charge in [0.2, 0.25) is 5.88 Å². The average molecular weight is 239 g/mol. The molecular formula is C14H13N3O. The zero-order valence-corrected chi connectivity index (χ0v) is 10.1. The second-order valence-corrected chi connectivity index (χ2v) is 3.73. The molecule has 2 rings (SSSR count). The van der Waals surface area contributed by atoms with Crippen LogP contribution in [0.3, 0.4) is 0 Å². The summed E-state index contributed by atoms with van der Waals surface area (Å²) in [6, 6.07) is 13.4. The number of hydrogen-bond donors (Lipinski definition) is 1. The van der Waals surface area contributed by atoms with Crippen molar-refractivity contribution < 1.29 is 4.74 Å². The Labute approximate surface area is 106 Å². The van der Waals surface area contributed by atoms with Gasteiger partial charge in [0.25, 0.3) is 0 Å². The molecule has 4 heteroatoms. The van der Waals surface area contributed by atoms with Crippen molar-refractivity contribution in [1.82, 2.24) is 4.98 Å². The molecule has 0 unspecified atom stereocenters. The standard InChI is InChI=1S/C14H13N3O/c1-18-14-13(6-3-7-16-14)17-10-12-5-2-4-11(8-12)9-15/h2-8,17H,10H2,1H3. The van der Waals surface area contributed by atoms with E-state index in [0.29, 0.717) is 18.0 Å². The molecule has 1 N–H and O–H groups in total. The van der Waals surface area contributed by atoms with E-state index < -0.39 is 0 Å². The first-order valence-electron chi connectivity index (χ1n) is 5.55. The minimum Gasteiger partial charge on any atom is -0.480 e. The highest BCUT2D eigenvalue weighted by Gasteiger charge is 2.02. The van der Waals surface area contributed by atoms with Gasteiger partial charge in [-0.2, -0.15) is 5.26 Å². The van der Waals surface area contributed by atoms with Crippen molar-refractivity contribution in [3.8, 4) is 11.9 Å². The fraction of sp³-hybridized carbons (Fsp3) is 0.143. The molecule has 0 saturated carbocycles. The first kappa shape index (κ1) is 11.9. The third kappa shape index (κ3) is 2.77. The number of pyridine rings is 1. The van der Waals surface area contributed by atoms with Crippen LogP contribution >= 0.6 is 0 Å². The number of nitrogens with one attached hydrogen (secondary N) is 1. The van der Waals surface area contributed by atoms with Gasteiger partial charge in [-0.3, -0.25) is 0 Å². The van der Waals surface area contributed by atoms with Crippen molar-refractivity contribution in [2.24, 2.45) is 0 Å². The van der Waals surface area contributed by atoms with Gasteiger partial charge in [-0.15, -0.1) is 0 Å². The molecule has 1 aromatic carbocycles. The Bertz CT molecular complexity index is 575. The maximum atomic E-state index is 8.83. The number of nitrogens with zero attached hydrogens (tertiary/aromatic N) is 2. The van der Waals surface area contributed by atoms with E-state index in [1.54, 1.807) is 19.4 Å². The van der Waals surface area contributed by atoms with Crippen LogP contribution in [-0.2, 0) is 6.54 Å². The number of benzene rings is 1. The van der Waals surface area contributed by atoms with Gasteiger partial charge in [0.15, 0.2) is 0 Å². The minimum absolute atomic E-state index is 0.564. The van der Waals surface area contributed by atoms with Crippen molar-refractivity contribution in [3.63, 3.8) is 0 Å². The molecule has 0 aliphatic heterocycles. The SMILES string of the molecule is COc1ncccc1NCc1cccc(C#N)c1. The largest absolute Gasteiger partial charge is 0.480 e. The smallest absolute Gasteiger partial charge is 0.237 e. The van der Waals surface area contributed by atoms with E-state index in [9.17, 15) is 0 Å². The Morgan fingerprint density at radius 3 is 3.00 bits per heavy atom. The van der Waals surface area contributed by atoms with Gasteiger partial charge in [0, 0.05) is 12.7 Å². The molecule has 18 heavy (non-hydrogen) atoms. The lowest BCUT2D eigenvalue weighted by atomic mass is 10.1. The highest BCUT2D eigenvalue weighted by molar-refractivity contribution is 5.52. The molecule has 0 saturated heterocycles. The number of nitriles is 1.